The van der Waals surface area contributed by atoms with Crippen molar-refractivity contribution < 1.29 is 0 Å². The fraction of sp³-hybridized carbons (Fsp3) is 0.333. The van der Waals surface area contributed by atoms with Gasteiger partial charge < -0.3 is 10.2 Å². The van der Waals surface area contributed by atoms with Gasteiger partial charge in [0.1, 0.15) is 0 Å². The van der Waals surface area contributed by atoms with E-state index in [4.69, 9.17) is 0 Å². The topological polar surface area (TPSA) is 41.1 Å². The Morgan fingerprint density at radius 1 is 1.12 bits per heavy atom. The van der Waals surface area contributed by atoms with Gasteiger partial charge in [0.05, 0.1) is 22.9 Å². The van der Waals surface area contributed by atoms with E-state index in [0.29, 0.717) is 0 Å². The Labute approximate surface area is 94.3 Å². The molecule has 82 valence electrons. The number of nitrogens with zero attached hydrogens (tertiary/aromatic N) is 3. The molecule has 0 amide bonds. The van der Waals surface area contributed by atoms with E-state index < -0.39 is 0 Å². The van der Waals surface area contributed by atoms with Gasteiger partial charge >= 0.3 is 0 Å². The monoisotopic (exact) mass is 214 g/mol. The zero-order chi connectivity index (χ0) is 10.8. The quantitative estimate of drug-likeness (QED) is 0.770. The summed E-state index contributed by atoms with van der Waals surface area (Å²) in [6.07, 6.45) is 3.75. The molecule has 3 heterocycles. The van der Waals surface area contributed by atoms with Crippen LogP contribution in [0.1, 0.15) is 0 Å². The number of piperazine rings is 1. The summed E-state index contributed by atoms with van der Waals surface area (Å²) >= 11 is 0. The van der Waals surface area contributed by atoms with Crippen LogP contribution in [-0.2, 0) is 0 Å². The highest BCUT2D eigenvalue weighted by Gasteiger charge is 2.11. The fourth-order valence-corrected chi connectivity index (χ4v) is 2.04. The average Bonchev–Trinajstić information content (AvgIpc) is 2.39. The zero-order valence-corrected chi connectivity index (χ0v) is 9.06. The molecule has 0 aromatic carbocycles. The van der Waals surface area contributed by atoms with Crippen LogP contribution in [0.5, 0.6) is 0 Å². The molecule has 0 aliphatic carbocycles. The first kappa shape index (κ1) is 9.54. The van der Waals surface area contributed by atoms with E-state index in [-0.39, 0.29) is 0 Å². The Kier molecular flexibility index (Phi) is 2.42. The van der Waals surface area contributed by atoms with Crippen molar-refractivity contribution in [1.82, 2.24) is 15.3 Å². The molecule has 0 bridgehead atoms. The highest BCUT2D eigenvalue weighted by molar-refractivity contribution is 5.77. The molecule has 0 atom stereocenters. The van der Waals surface area contributed by atoms with Crippen LogP contribution < -0.4 is 10.2 Å². The van der Waals surface area contributed by atoms with Crippen molar-refractivity contribution >= 4 is 16.7 Å². The van der Waals surface area contributed by atoms with Crippen LogP contribution in [0.4, 0.5) is 5.69 Å². The molecule has 1 aliphatic heterocycles. The molecular weight excluding hydrogens is 200 g/mol. The van der Waals surface area contributed by atoms with E-state index in [2.05, 4.69) is 26.3 Å². The molecule has 4 nitrogen and oxygen atoms in total. The highest BCUT2D eigenvalue weighted by atomic mass is 15.2. The number of hydrogen-bond acceptors (Lipinski definition) is 4. The number of anilines is 1. The third-order valence-corrected chi connectivity index (χ3v) is 2.92. The van der Waals surface area contributed by atoms with Gasteiger partial charge in [-0.3, -0.25) is 9.97 Å². The summed E-state index contributed by atoms with van der Waals surface area (Å²) in [4.78, 5) is 11.1. The Balaban J connectivity index is 1.97. The van der Waals surface area contributed by atoms with Crippen molar-refractivity contribution in [2.75, 3.05) is 31.1 Å². The first-order valence-electron chi connectivity index (χ1n) is 5.60. The fourth-order valence-electron chi connectivity index (χ4n) is 2.04. The van der Waals surface area contributed by atoms with E-state index >= 15 is 0 Å². The van der Waals surface area contributed by atoms with Gasteiger partial charge in [0.25, 0.3) is 0 Å². The van der Waals surface area contributed by atoms with Crippen LogP contribution in [0.15, 0.2) is 30.6 Å². The predicted octanol–water partition coefficient (Wildman–Crippen LogP) is 1.04. The van der Waals surface area contributed by atoms with Gasteiger partial charge in [0.15, 0.2) is 0 Å². The van der Waals surface area contributed by atoms with E-state index in [1.54, 1.807) is 0 Å². The molecule has 0 spiro atoms. The number of nitrogens with one attached hydrogen (secondary N) is 1. The molecule has 2 aromatic rings. The molecule has 16 heavy (non-hydrogen) atoms. The molecule has 1 fully saturated rings. The minimum Gasteiger partial charge on any atom is -0.368 e. The maximum absolute atomic E-state index is 4.43. The number of rotatable bonds is 1. The smallest absolute Gasteiger partial charge is 0.0907 e. The van der Waals surface area contributed by atoms with Crippen molar-refractivity contribution in [2.24, 2.45) is 0 Å². The number of aromatic nitrogens is 2. The number of pyridine rings is 2. The first-order chi connectivity index (χ1) is 7.93. The average molecular weight is 214 g/mol. The van der Waals surface area contributed by atoms with Crippen molar-refractivity contribution in [1.29, 1.82) is 0 Å². The summed E-state index contributed by atoms with van der Waals surface area (Å²) in [5.41, 5.74) is 3.10. The Morgan fingerprint density at radius 2 is 2.00 bits per heavy atom. The third-order valence-electron chi connectivity index (χ3n) is 2.92. The van der Waals surface area contributed by atoms with Crippen molar-refractivity contribution in [3.8, 4) is 0 Å². The SMILES string of the molecule is c1cnc2cc(N3CCNCC3)cnc2c1. The maximum Gasteiger partial charge on any atom is 0.0907 e. The van der Waals surface area contributed by atoms with Crippen LogP contribution in [0.25, 0.3) is 11.0 Å². The minimum atomic E-state index is 0.960. The maximum atomic E-state index is 4.43. The second-order valence-electron chi connectivity index (χ2n) is 3.97. The van der Waals surface area contributed by atoms with Crippen LogP contribution >= 0.6 is 0 Å². The van der Waals surface area contributed by atoms with E-state index in [0.717, 1.165) is 37.2 Å². The van der Waals surface area contributed by atoms with Crippen LogP contribution in [0.3, 0.4) is 0 Å². The molecule has 0 radical (unpaired) electrons. The largest absolute Gasteiger partial charge is 0.368 e. The Bertz CT molecular complexity index is 491. The zero-order valence-electron chi connectivity index (χ0n) is 9.06. The highest BCUT2D eigenvalue weighted by Crippen LogP contribution is 2.18. The standard InChI is InChI=1S/C12H14N4/c1-2-11-12(14-3-1)8-10(9-15-11)16-6-4-13-5-7-16/h1-3,8-9,13H,4-7H2. The molecular formula is C12H14N4. The molecule has 3 rings (SSSR count). The molecule has 1 saturated heterocycles. The van der Waals surface area contributed by atoms with Crippen LogP contribution in [0.2, 0.25) is 0 Å². The van der Waals surface area contributed by atoms with Crippen LogP contribution in [-0.4, -0.2) is 36.1 Å². The van der Waals surface area contributed by atoms with Crippen molar-refractivity contribution in [3.63, 3.8) is 0 Å². The van der Waals surface area contributed by atoms with Gasteiger partial charge in [-0.25, -0.2) is 0 Å². The summed E-state index contributed by atoms with van der Waals surface area (Å²) in [6, 6.07) is 6.03. The van der Waals surface area contributed by atoms with Crippen molar-refractivity contribution in [2.45, 2.75) is 0 Å². The molecule has 2 aromatic heterocycles. The minimum absolute atomic E-state index is 0.960. The lowest BCUT2D eigenvalue weighted by molar-refractivity contribution is 0.589. The Morgan fingerprint density at radius 3 is 2.88 bits per heavy atom. The van der Waals surface area contributed by atoms with Gasteiger partial charge in [-0.15, -0.1) is 0 Å². The van der Waals surface area contributed by atoms with E-state index in [1.165, 1.54) is 5.69 Å². The van der Waals surface area contributed by atoms with Crippen molar-refractivity contribution in [3.05, 3.63) is 30.6 Å². The molecule has 0 saturated carbocycles. The van der Waals surface area contributed by atoms with E-state index in [1.807, 2.05) is 24.5 Å². The normalized spacial score (nSPS) is 16.6. The lowest BCUT2D eigenvalue weighted by atomic mass is 10.2. The summed E-state index contributed by atoms with van der Waals surface area (Å²) in [5.74, 6) is 0. The summed E-state index contributed by atoms with van der Waals surface area (Å²) in [6.45, 7) is 4.17. The molecule has 1 N–H and O–H groups in total. The number of hydrogen-bond donors (Lipinski definition) is 1. The summed E-state index contributed by atoms with van der Waals surface area (Å²) in [7, 11) is 0. The van der Waals surface area contributed by atoms with Gasteiger partial charge in [0, 0.05) is 32.4 Å². The second kappa shape index (κ2) is 4.06. The second-order valence-corrected chi connectivity index (χ2v) is 3.97. The molecule has 0 unspecified atom stereocenters. The summed E-state index contributed by atoms with van der Waals surface area (Å²) < 4.78 is 0. The number of fused-ring (bicyclic) bond motifs is 1. The van der Waals surface area contributed by atoms with Gasteiger partial charge in [0.2, 0.25) is 0 Å². The molecule has 1 aliphatic rings. The van der Waals surface area contributed by atoms with E-state index in [9.17, 15) is 0 Å². The molecule has 4 heteroatoms. The summed E-state index contributed by atoms with van der Waals surface area (Å²) in [5, 5.41) is 3.34. The van der Waals surface area contributed by atoms with Gasteiger partial charge in [-0.05, 0) is 18.2 Å². The lowest BCUT2D eigenvalue weighted by Gasteiger charge is -2.29. The third kappa shape index (κ3) is 1.72. The predicted molar refractivity (Wildman–Crippen MR) is 64.6 cm³/mol. The van der Waals surface area contributed by atoms with Crippen LogP contribution in [0, 0.1) is 0 Å². The lowest BCUT2D eigenvalue weighted by Crippen LogP contribution is -2.43. The van der Waals surface area contributed by atoms with Gasteiger partial charge in [-0.1, -0.05) is 0 Å². The Hall–Kier alpha value is -1.68. The van der Waals surface area contributed by atoms with Gasteiger partial charge in [-0.2, -0.15) is 0 Å². The first-order valence-corrected chi connectivity index (χ1v) is 5.60.